The molecule has 0 aliphatic carbocycles. The summed E-state index contributed by atoms with van der Waals surface area (Å²) in [6.07, 6.45) is 3.74. The number of nitrogens with one attached hydrogen (secondary N) is 1. The molecule has 6 aromatic rings. The molecule has 0 aliphatic rings. The zero-order valence-corrected chi connectivity index (χ0v) is 25.9. The van der Waals surface area contributed by atoms with Crippen LogP contribution in [0.1, 0.15) is 17.4 Å². The Morgan fingerprint density at radius 3 is 2.47 bits per heavy atom. The van der Waals surface area contributed by atoms with Crippen LogP contribution in [0.15, 0.2) is 90.0 Å². The SMILES string of the molecule is COc1cn(C(Cc2ccccc2)c2nc3ccc(P(C)(C)=O)cc3[nH]2)c(=O)cc1-c1cc(Cl)ccc1-n1cc(Cl)nn1. The lowest BCUT2D eigenvalue weighted by molar-refractivity contribution is 0.405. The predicted molar refractivity (Wildman–Crippen MR) is 171 cm³/mol. The van der Waals surface area contributed by atoms with Crippen LogP contribution in [0.5, 0.6) is 5.75 Å². The summed E-state index contributed by atoms with van der Waals surface area (Å²) < 4.78 is 21.7. The zero-order chi connectivity index (χ0) is 30.3. The van der Waals surface area contributed by atoms with Gasteiger partial charge in [0.25, 0.3) is 5.56 Å². The maximum absolute atomic E-state index is 14.0. The Labute approximate surface area is 257 Å². The van der Waals surface area contributed by atoms with Crippen molar-refractivity contribution in [3.63, 3.8) is 0 Å². The van der Waals surface area contributed by atoms with Crippen molar-refractivity contribution in [3.05, 3.63) is 117 Å². The van der Waals surface area contributed by atoms with Crippen molar-refractivity contribution < 1.29 is 9.30 Å². The summed E-state index contributed by atoms with van der Waals surface area (Å²) in [4.78, 5) is 22.2. The van der Waals surface area contributed by atoms with E-state index in [9.17, 15) is 9.36 Å². The van der Waals surface area contributed by atoms with Crippen molar-refractivity contribution >= 4 is 46.7 Å². The van der Waals surface area contributed by atoms with Gasteiger partial charge in [0.15, 0.2) is 5.15 Å². The number of methoxy groups -OCH3 is 1. The number of nitrogens with zero attached hydrogens (tertiary/aromatic N) is 5. The topological polar surface area (TPSA) is 108 Å². The van der Waals surface area contributed by atoms with Crippen LogP contribution >= 0.6 is 30.3 Å². The molecule has 0 saturated carbocycles. The third-order valence-corrected chi connectivity index (χ3v) is 9.18. The molecule has 3 aromatic heterocycles. The number of halogens is 2. The summed E-state index contributed by atoms with van der Waals surface area (Å²) in [5.41, 5.74) is 4.00. The lowest BCUT2D eigenvalue weighted by atomic mass is 10.0. The van der Waals surface area contributed by atoms with Crippen molar-refractivity contribution in [1.29, 1.82) is 0 Å². The van der Waals surface area contributed by atoms with Crippen molar-refractivity contribution in [2.75, 3.05) is 20.4 Å². The van der Waals surface area contributed by atoms with Crippen LogP contribution in [0, 0.1) is 0 Å². The van der Waals surface area contributed by atoms with Crippen LogP contribution in [0.4, 0.5) is 0 Å². The molecule has 1 N–H and O–H groups in total. The first-order valence-electron chi connectivity index (χ1n) is 13.4. The first-order valence-corrected chi connectivity index (χ1v) is 16.7. The summed E-state index contributed by atoms with van der Waals surface area (Å²) in [7, 11) is -0.930. The first kappa shape index (κ1) is 28.9. The van der Waals surface area contributed by atoms with E-state index in [2.05, 4.69) is 15.3 Å². The molecule has 6 rings (SSSR count). The van der Waals surface area contributed by atoms with Gasteiger partial charge in [-0.1, -0.05) is 58.7 Å². The zero-order valence-electron chi connectivity index (χ0n) is 23.5. The molecular weight excluding hydrogens is 606 g/mol. The number of hydrogen-bond donors (Lipinski definition) is 1. The highest BCUT2D eigenvalue weighted by molar-refractivity contribution is 7.70. The molecule has 43 heavy (non-hydrogen) atoms. The summed E-state index contributed by atoms with van der Waals surface area (Å²) in [5, 5.41) is 9.43. The fraction of sp³-hybridized carbons (Fsp3) is 0.161. The minimum absolute atomic E-state index is 0.227. The second-order valence-corrected chi connectivity index (χ2v) is 14.6. The van der Waals surface area contributed by atoms with Crippen molar-refractivity contribution in [1.82, 2.24) is 29.5 Å². The molecule has 12 heteroatoms. The molecule has 1 atom stereocenters. The van der Waals surface area contributed by atoms with Gasteiger partial charge in [-0.25, -0.2) is 9.67 Å². The minimum Gasteiger partial charge on any atom is -0.495 e. The minimum atomic E-state index is -2.48. The van der Waals surface area contributed by atoms with E-state index in [0.717, 1.165) is 21.9 Å². The second-order valence-electron chi connectivity index (χ2n) is 10.5. The molecule has 0 saturated heterocycles. The van der Waals surface area contributed by atoms with Gasteiger partial charge >= 0.3 is 0 Å². The van der Waals surface area contributed by atoms with Gasteiger partial charge in [0, 0.05) is 33.9 Å². The van der Waals surface area contributed by atoms with Gasteiger partial charge in [0.05, 0.1) is 42.3 Å². The third kappa shape index (κ3) is 5.89. The number of aromatic nitrogens is 6. The molecule has 3 heterocycles. The average molecular weight is 633 g/mol. The summed E-state index contributed by atoms with van der Waals surface area (Å²) in [6, 6.07) is 21.7. The van der Waals surface area contributed by atoms with E-state index in [-0.39, 0.29) is 10.7 Å². The Kier molecular flexibility index (Phi) is 7.73. The molecule has 0 bridgehead atoms. The lowest BCUT2D eigenvalue weighted by Crippen LogP contribution is -2.27. The number of rotatable bonds is 8. The van der Waals surface area contributed by atoms with Crippen molar-refractivity contribution in [3.8, 4) is 22.6 Å². The van der Waals surface area contributed by atoms with Crippen molar-refractivity contribution in [2.24, 2.45) is 0 Å². The van der Waals surface area contributed by atoms with E-state index >= 15 is 0 Å². The number of benzene rings is 3. The molecule has 218 valence electrons. The standard InChI is InChI=1S/C31H27Cl2N6O3P/c1-42-28-17-38(30(40)16-23(28)22-14-20(32)9-12-26(22)39-18-29(33)36-37-39)27(13-19-7-5-4-6-8-19)31-34-24-11-10-21(43(2,3)41)15-25(24)35-31/h4-12,14-18,27H,13H2,1-3H3,(H,34,35). The lowest BCUT2D eigenvalue weighted by Gasteiger charge is -2.21. The first-order chi connectivity index (χ1) is 20.6. The molecule has 0 aliphatic heterocycles. The molecule has 0 amide bonds. The van der Waals surface area contributed by atoms with E-state index in [1.165, 1.54) is 10.7 Å². The van der Waals surface area contributed by atoms with Gasteiger partial charge in [-0.05, 0) is 55.3 Å². The number of fused-ring (bicyclic) bond motifs is 1. The van der Waals surface area contributed by atoms with E-state index in [4.69, 9.17) is 32.9 Å². The monoisotopic (exact) mass is 632 g/mol. The normalized spacial score (nSPS) is 12.5. The van der Waals surface area contributed by atoms with E-state index in [0.29, 0.717) is 39.8 Å². The van der Waals surface area contributed by atoms with Gasteiger partial charge in [0.1, 0.15) is 18.7 Å². The Hall–Kier alpha value is -4.17. The molecule has 1 unspecified atom stereocenters. The largest absolute Gasteiger partial charge is 0.495 e. The van der Waals surface area contributed by atoms with Crippen LogP contribution < -0.4 is 15.6 Å². The fourth-order valence-corrected chi connectivity index (χ4v) is 6.28. The highest BCUT2D eigenvalue weighted by Crippen LogP contribution is 2.37. The van der Waals surface area contributed by atoms with Crippen LogP contribution in [0.2, 0.25) is 10.2 Å². The van der Waals surface area contributed by atoms with E-state index in [1.807, 2.05) is 48.5 Å². The highest BCUT2D eigenvalue weighted by atomic mass is 35.5. The molecule has 9 nitrogen and oxygen atoms in total. The van der Waals surface area contributed by atoms with Gasteiger partial charge in [-0.15, -0.1) is 5.10 Å². The molecular formula is C31H27Cl2N6O3P. The number of hydrogen-bond acceptors (Lipinski definition) is 6. The quantitative estimate of drug-likeness (QED) is 0.195. The van der Waals surface area contributed by atoms with Crippen LogP contribution in [0.3, 0.4) is 0 Å². The number of ether oxygens (including phenoxy) is 1. The van der Waals surface area contributed by atoms with Crippen LogP contribution in [-0.2, 0) is 11.0 Å². The third-order valence-electron chi connectivity index (χ3n) is 7.25. The average Bonchev–Trinajstić information content (AvgIpc) is 3.61. The fourth-order valence-electron chi connectivity index (χ4n) is 5.10. The maximum atomic E-state index is 14.0. The Morgan fingerprint density at radius 2 is 1.77 bits per heavy atom. The Balaban J connectivity index is 1.51. The molecule has 0 radical (unpaired) electrons. The van der Waals surface area contributed by atoms with Gasteiger partial charge < -0.3 is 18.9 Å². The Bertz CT molecular complexity index is 2070. The van der Waals surface area contributed by atoms with Crippen LogP contribution in [-0.4, -0.2) is 50.0 Å². The summed E-state index contributed by atoms with van der Waals surface area (Å²) >= 11 is 12.4. The second kappa shape index (κ2) is 11.5. The molecule has 0 spiro atoms. The number of H-pyrrole nitrogens is 1. The van der Waals surface area contributed by atoms with E-state index in [1.54, 1.807) is 55.6 Å². The molecule has 0 fully saturated rings. The van der Waals surface area contributed by atoms with Gasteiger partial charge in [0.2, 0.25) is 0 Å². The van der Waals surface area contributed by atoms with Gasteiger partial charge in [-0.3, -0.25) is 4.79 Å². The summed E-state index contributed by atoms with van der Waals surface area (Å²) in [5.74, 6) is 1.04. The van der Waals surface area contributed by atoms with Crippen molar-refractivity contribution in [2.45, 2.75) is 12.5 Å². The van der Waals surface area contributed by atoms with Crippen LogP contribution in [0.25, 0.3) is 27.8 Å². The van der Waals surface area contributed by atoms with Gasteiger partial charge in [-0.2, -0.15) is 0 Å². The highest BCUT2D eigenvalue weighted by Gasteiger charge is 2.24. The molecule has 3 aromatic carbocycles. The number of aromatic amines is 1. The number of pyridine rings is 1. The van der Waals surface area contributed by atoms with E-state index < -0.39 is 13.2 Å². The Morgan fingerprint density at radius 1 is 0.977 bits per heavy atom. The summed E-state index contributed by atoms with van der Waals surface area (Å²) in [6.45, 7) is 3.47. The maximum Gasteiger partial charge on any atom is 0.252 e. The smallest absolute Gasteiger partial charge is 0.252 e. The number of imidazole rings is 1. The predicted octanol–water partition coefficient (Wildman–Crippen LogP) is 6.37.